The van der Waals surface area contributed by atoms with Gasteiger partial charge in [0.05, 0.1) is 0 Å². The predicted molar refractivity (Wildman–Crippen MR) is 95.3 cm³/mol. The molecule has 1 atom stereocenters. The molecule has 1 unspecified atom stereocenters. The van der Waals surface area contributed by atoms with Crippen molar-refractivity contribution in [3.05, 3.63) is 46.4 Å². The van der Waals surface area contributed by atoms with Crippen molar-refractivity contribution in [2.75, 3.05) is 26.2 Å². The molecule has 1 amide bonds. The Bertz CT molecular complexity index is 689. The Morgan fingerprint density at radius 2 is 2.21 bits per heavy atom. The van der Waals surface area contributed by atoms with Crippen molar-refractivity contribution in [1.29, 1.82) is 0 Å². The summed E-state index contributed by atoms with van der Waals surface area (Å²) in [6, 6.07) is 9.84. The zero-order valence-corrected chi connectivity index (χ0v) is 14.9. The fraction of sp³-hybridized carbons (Fsp3) is 0.444. The molecule has 2 aromatic rings. The second kappa shape index (κ2) is 7.32. The van der Waals surface area contributed by atoms with Crippen LogP contribution in [-0.2, 0) is 10.3 Å². The van der Waals surface area contributed by atoms with E-state index in [1.54, 1.807) is 18.3 Å². The van der Waals surface area contributed by atoms with Gasteiger partial charge >= 0.3 is 0 Å². The highest BCUT2D eigenvalue weighted by Crippen LogP contribution is 2.34. The highest BCUT2D eigenvalue weighted by atomic mass is 32.1. The molecule has 24 heavy (non-hydrogen) atoms. The first-order valence-electron chi connectivity index (χ1n) is 8.19. The van der Waals surface area contributed by atoms with Crippen LogP contribution in [0.3, 0.4) is 0 Å². The number of ether oxygens (including phenoxy) is 1. The third kappa shape index (κ3) is 3.94. The van der Waals surface area contributed by atoms with Gasteiger partial charge in [-0.3, -0.25) is 9.69 Å². The van der Waals surface area contributed by atoms with Crippen LogP contribution in [0.25, 0.3) is 0 Å². The smallest absolute Gasteiger partial charge is 0.217 e. The predicted octanol–water partition coefficient (Wildman–Crippen LogP) is 2.57. The van der Waals surface area contributed by atoms with E-state index in [0.29, 0.717) is 6.61 Å². The number of aryl methyl sites for hydroxylation is 1. The van der Waals surface area contributed by atoms with Crippen LogP contribution in [0, 0.1) is 6.92 Å². The number of carbonyl (C=O) groups is 1. The Kier molecular flexibility index (Phi) is 5.16. The molecule has 1 aliphatic heterocycles. The third-order valence-electron chi connectivity index (χ3n) is 4.21. The lowest BCUT2D eigenvalue weighted by molar-refractivity contribution is -0.120. The van der Waals surface area contributed by atoms with Crippen LogP contribution in [0.2, 0.25) is 0 Å². The summed E-state index contributed by atoms with van der Waals surface area (Å²) in [4.78, 5) is 18.7. The molecule has 0 spiro atoms. The second-order valence-corrected chi connectivity index (χ2v) is 7.10. The van der Waals surface area contributed by atoms with Crippen molar-refractivity contribution in [1.82, 2.24) is 15.2 Å². The number of amides is 1. The minimum absolute atomic E-state index is 0.00904. The molecular formula is C18H23N3O2S. The van der Waals surface area contributed by atoms with E-state index >= 15 is 0 Å². The van der Waals surface area contributed by atoms with Crippen LogP contribution >= 0.6 is 11.3 Å². The standard InChI is InChI=1S/C18H23N3O2S/c1-14-12-24-17(19-14)18(20-15(2)22)8-9-21(13-18)10-11-23-16-6-4-3-5-7-16/h3-7,12H,8-11,13H2,1-2H3,(H,20,22). The summed E-state index contributed by atoms with van der Waals surface area (Å²) in [5.74, 6) is 0.880. The SMILES string of the molecule is CC(=O)NC1(c2nc(C)cs2)CCN(CCOc2ccccc2)C1. The molecule has 0 radical (unpaired) electrons. The zero-order valence-electron chi connectivity index (χ0n) is 14.1. The number of nitrogens with one attached hydrogen (secondary N) is 1. The minimum Gasteiger partial charge on any atom is -0.492 e. The Balaban J connectivity index is 1.61. The first-order chi connectivity index (χ1) is 11.6. The number of nitrogens with zero attached hydrogens (tertiary/aromatic N) is 2. The lowest BCUT2D eigenvalue weighted by atomic mass is 9.99. The molecular weight excluding hydrogens is 322 g/mol. The van der Waals surface area contributed by atoms with Crippen LogP contribution in [-0.4, -0.2) is 42.0 Å². The quantitative estimate of drug-likeness (QED) is 0.874. The van der Waals surface area contributed by atoms with Crippen molar-refractivity contribution < 1.29 is 9.53 Å². The molecule has 0 aliphatic carbocycles. The van der Waals surface area contributed by atoms with Crippen LogP contribution < -0.4 is 10.1 Å². The van der Waals surface area contributed by atoms with Crippen LogP contribution in [0.1, 0.15) is 24.0 Å². The maximum atomic E-state index is 11.7. The van der Waals surface area contributed by atoms with Gasteiger partial charge in [0, 0.05) is 37.6 Å². The molecule has 1 aromatic heterocycles. The highest BCUT2D eigenvalue weighted by molar-refractivity contribution is 7.09. The Hall–Kier alpha value is -1.92. The molecule has 5 nitrogen and oxygen atoms in total. The summed E-state index contributed by atoms with van der Waals surface area (Å²) < 4.78 is 5.78. The van der Waals surface area contributed by atoms with Gasteiger partial charge in [-0.2, -0.15) is 0 Å². The molecule has 1 fully saturated rings. The number of thiazole rings is 1. The number of hydrogen-bond donors (Lipinski definition) is 1. The fourth-order valence-corrected chi connectivity index (χ4v) is 4.10. The Morgan fingerprint density at radius 3 is 2.88 bits per heavy atom. The summed E-state index contributed by atoms with van der Waals surface area (Å²) in [6.45, 7) is 6.73. The van der Waals surface area contributed by atoms with Crippen LogP contribution in [0.5, 0.6) is 5.75 Å². The maximum Gasteiger partial charge on any atom is 0.217 e. The summed E-state index contributed by atoms with van der Waals surface area (Å²) in [5.41, 5.74) is 0.642. The first-order valence-corrected chi connectivity index (χ1v) is 9.07. The number of rotatable bonds is 6. The van der Waals surface area contributed by atoms with E-state index in [4.69, 9.17) is 4.74 Å². The minimum atomic E-state index is -0.364. The lowest BCUT2D eigenvalue weighted by Gasteiger charge is -2.28. The summed E-state index contributed by atoms with van der Waals surface area (Å²) in [7, 11) is 0. The van der Waals surface area contributed by atoms with E-state index in [0.717, 1.165) is 42.5 Å². The van der Waals surface area contributed by atoms with Crippen molar-refractivity contribution in [2.45, 2.75) is 25.8 Å². The molecule has 0 saturated carbocycles. The van der Waals surface area contributed by atoms with Gasteiger partial charge in [-0.25, -0.2) is 4.98 Å². The largest absolute Gasteiger partial charge is 0.492 e. The molecule has 1 N–H and O–H groups in total. The van der Waals surface area contributed by atoms with Crippen molar-refractivity contribution >= 4 is 17.2 Å². The van der Waals surface area contributed by atoms with Crippen molar-refractivity contribution in [3.8, 4) is 5.75 Å². The summed E-state index contributed by atoms with van der Waals surface area (Å²) >= 11 is 1.63. The number of likely N-dealkylation sites (tertiary alicyclic amines) is 1. The van der Waals surface area contributed by atoms with Crippen molar-refractivity contribution in [2.24, 2.45) is 0 Å². The van der Waals surface area contributed by atoms with Gasteiger partial charge in [-0.05, 0) is 25.5 Å². The van der Waals surface area contributed by atoms with E-state index in [1.807, 2.05) is 42.6 Å². The van der Waals surface area contributed by atoms with Gasteiger partial charge in [0.15, 0.2) is 0 Å². The van der Waals surface area contributed by atoms with Gasteiger partial charge in [0.25, 0.3) is 0 Å². The van der Waals surface area contributed by atoms with Gasteiger partial charge in [0.2, 0.25) is 5.91 Å². The van der Waals surface area contributed by atoms with E-state index in [9.17, 15) is 4.79 Å². The molecule has 1 aromatic carbocycles. The topological polar surface area (TPSA) is 54.5 Å². The highest BCUT2D eigenvalue weighted by Gasteiger charge is 2.42. The molecule has 1 aliphatic rings. The normalized spacial score (nSPS) is 20.9. The average molecular weight is 345 g/mol. The van der Waals surface area contributed by atoms with E-state index < -0.39 is 0 Å². The monoisotopic (exact) mass is 345 g/mol. The van der Waals surface area contributed by atoms with Gasteiger partial charge in [-0.15, -0.1) is 11.3 Å². The maximum absolute atomic E-state index is 11.7. The molecule has 0 bridgehead atoms. The van der Waals surface area contributed by atoms with E-state index in [-0.39, 0.29) is 11.4 Å². The molecule has 3 rings (SSSR count). The third-order valence-corrected chi connectivity index (χ3v) is 5.38. The van der Waals surface area contributed by atoms with E-state index in [1.165, 1.54) is 0 Å². The lowest BCUT2D eigenvalue weighted by Crippen LogP contribution is -2.47. The van der Waals surface area contributed by atoms with Gasteiger partial charge in [-0.1, -0.05) is 18.2 Å². The molecule has 2 heterocycles. The second-order valence-electron chi connectivity index (χ2n) is 6.24. The van der Waals surface area contributed by atoms with Crippen LogP contribution in [0.15, 0.2) is 35.7 Å². The Morgan fingerprint density at radius 1 is 1.42 bits per heavy atom. The molecule has 6 heteroatoms. The Labute approximate surface area is 146 Å². The van der Waals surface area contributed by atoms with Crippen LogP contribution in [0.4, 0.5) is 0 Å². The number of hydrogen-bond acceptors (Lipinski definition) is 5. The molecule has 128 valence electrons. The number of para-hydroxylation sites is 1. The average Bonchev–Trinajstić information content (AvgIpc) is 3.16. The summed E-state index contributed by atoms with van der Waals surface area (Å²) in [5, 5.41) is 6.19. The number of carbonyl (C=O) groups excluding carboxylic acids is 1. The van der Waals surface area contributed by atoms with E-state index in [2.05, 4.69) is 15.2 Å². The molecule has 1 saturated heterocycles. The zero-order chi connectivity index (χ0) is 17.0. The number of benzene rings is 1. The summed E-state index contributed by atoms with van der Waals surface area (Å²) in [6.07, 6.45) is 0.880. The fourth-order valence-electron chi connectivity index (χ4n) is 3.13. The van der Waals surface area contributed by atoms with Gasteiger partial charge < -0.3 is 10.1 Å². The van der Waals surface area contributed by atoms with Gasteiger partial charge in [0.1, 0.15) is 22.9 Å². The first kappa shape index (κ1) is 16.9. The van der Waals surface area contributed by atoms with Crippen molar-refractivity contribution in [3.63, 3.8) is 0 Å². The number of aromatic nitrogens is 1.